The first kappa shape index (κ1) is 13.1. The van der Waals surface area contributed by atoms with Gasteiger partial charge in [0.15, 0.2) is 17.5 Å². The average molecular weight is 279 g/mol. The Morgan fingerprint density at radius 1 is 1.10 bits per heavy atom. The van der Waals surface area contributed by atoms with Gasteiger partial charge in [0, 0.05) is 6.54 Å². The summed E-state index contributed by atoms with van der Waals surface area (Å²) >= 11 is 0. The highest BCUT2D eigenvalue weighted by atomic mass is 19.2. The molecule has 1 heterocycles. The molecule has 0 aromatic heterocycles. The van der Waals surface area contributed by atoms with Crippen LogP contribution in [-0.2, 0) is 6.54 Å². The molecule has 2 nitrogen and oxygen atoms in total. The second-order valence-corrected chi connectivity index (χ2v) is 4.80. The first-order valence-corrected chi connectivity index (χ1v) is 6.21. The van der Waals surface area contributed by atoms with Crippen LogP contribution in [0.25, 0.3) is 0 Å². The maximum absolute atomic E-state index is 13.2. The molecule has 20 heavy (non-hydrogen) atoms. The highest BCUT2D eigenvalue weighted by molar-refractivity contribution is 5.36. The lowest BCUT2D eigenvalue weighted by Crippen LogP contribution is -2.20. The summed E-state index contributed by atoms with van der Waals surface area (Å²) in [6, 6.07) is 8.66. The monoisotopic (exact) mass is 279 g/mol. The third-order valence-electron chi connectivity index (χ3n) is 3.57. The highest BCUT2D eigenvalue weighted by Crippen LogP contribution is 2.35. The quantitative estimate of drug-likeness (QED) is 0.828. The van der Waals surface area contributed by atoms with E-state index in [1.54, 1.807) is 0 Å². The average Bonchev–Trinajstić information content (AvgIpc) is 2.87. The summed E-state index contributed by atoms with van der Waals surface area (Å²) in [5, 5.41) is 13.4. The molecular formula is C15H12F3NO. The summed E-state index contributed by atoms with van der Waals surface area (Å²) in [4.78, 5) is 0. The van der Waals surface area contributed by atoms with Gasteiger partial charge in [0.05, 0.1) is 12.1 Å². The van der Waals surface area contributed by atoms with Gasteiger partial charge in [-0.2, -0.15) is 0 Å². The first-order chi connectivity index (χ1) is 9.58. The van der Waals surface area contributed by atoms with E-state index >= 15 is 0 Å². The molecule has 0 bridgehead atoms. The molecule has 0 spiro atoms. The lowest BCUT2D eigenvalue weighted by Gasteiger charge is -2.20. The number of benzene rings is 2. The zero-order valence-corrected chi connectivity index (χ0v) is 10.4. The molecule has 0 saturated carbocycles. The van der Waals surface area contributed by atoms with Gasteiger partial charge in [0.2, 0.25) is 0 Å². The molecule has 2 aromatic carbocycles. The zero-order chi connectivity index (χ0) is 14.3. The molecule has 0 saturated heterocycles. The van der Waals surface area contributed by atoms with Crippen LogP contribution in [0.4, 0.5) is 13.2 Å². The predicted octanol–water partition coefficient (Wildman–Crippen LogP) is 2.98. The first-order valence-electron chi connectivity index (χ1n) is 6.21. The van der Waals surface area contributed by atoms with Crippen LogP contribution in [0, 0.1) is 17.5 Å². The van der Waals surface area contributed by atoms with Gasteiger partial charge in [-0.3, -0.25) is 0 Å². The molecule has 1 aliphatic rings. The third kappa shape index (κ3) is 2.09. The molecule has 0 aliphatic carbocycles. The lowest BCUT2D eigenvalue weighted by atomic mass is 9.96. The van der Waals surface area contributed by atoms with Crippen molar-refractivity contribution in [2.45, 2.75) is 18.7 Å². The van der Waals surface area contributed by atoms with Crippen LogP contribution >= 0.6 is 0 Å². The van der Waals surface area contributed by atoms with Gasteiger partial charge in [-0.25, -0.2) is 13.2 Å². The number of rotatable bonds is 2. The standard InChI is InChI=1S/C15H12F3NO/c16-11-5-9(6-12(17)13(11)18)15(20)14-10-4-2-1-3-8(10)7-19-14/h1-6,14-15,19-20H,7H2. The van der Waals surface area contributed by atoms with Crippen molar-refractivity contribution in [1.29, 1.82) is 0 Å². The van der Waals surface area contributed by atoms with Crippen molar-refractivity contribution in [2.24, 2.45) is 0 Å². The SMILES string of the molecule is OC(c1cc(F)c(F)c(F)c1)C1NCc2ccccc21. The molecular weight excluding hydrogens is 267 g/mol. The smallest absolute Gasteiger partial charge is 0.194 e. The van der Waals surface area contributed by atoms with E-state index in [1.165, 1.54) is 0 Å². The van der Waals surface area contributed by atoms with E-state index < -0.39 is 29.6 Å². The minimum Gasteiger partial charge on any atom is -0.386 e. The molecule has 2 aromatic rings. The molecule has 0 fully saturated rings. The van der Waals surface area contributed by atoms with Gasteiger partial charge in [-0.15, -0.1) is 0 Å². The van der Waals surface area contributed by atoms with Crippen LogP contribution in [0.2, 0.25) is 0 Å². The summed E-state index contributed by atoms with van der Waals surface area (Å²) in [5.41, 5.74) is 1.92. The second kappa shape index (κ2) is 4.92. The Morgan fingerprint density at radius 2 is 1.75 bits per heavy atom. The molecule has 0 radical (unpaired) electrons. The fraction of sp³-hybridized carbons (Fsp3) is 0.200. The summed E-state index contributed by atoms with van der Waals surface area (Å²) in [5.74, 6) is -4.13. The number of hydrogen-bond donors (Lipinski definition) is 2. The molecule has 1 aliphatic heterocycles. The van der Waals surface area contributed by atoms with E-state index in [9.17, 15) is 18.3 Å². The third-order valence-corrected chi connectivity index (χ3v) is 3.57. The Bertz CT molecular complexity index is 636. The Hall–Kier alpha value is -1.85. The molecule has 2 atom stereocenters. The number of aliphatic hydroxyl groups excluding tert-OH is 1. The van der Waals surface area contributed by atoms with Crippen LogP contribution in [0.1, 0.15) is 28.8 Å². The number of fused-ring (bicyclic) bond motifs is 1. The molecule has 0 amide bonds. The van der Waals surface area contributed by atoms with E-state index in [2.05, 4.69) is 5.32 Å². The summed E-state index contributed by atoms with van der Waals surface area (Å²) in [7, 11) is 0. The van der Waals surface area contributed by atoms with E-state index in [4.69, 9.17) is 0 Å². The largest absolute Gasteiger partial charge is 0.386 e. The van der Waals surface area contributed by atoms with Crippen molar-refractivity contribution < 1.29 is 18.3 Å². The number of aliphatic hydroxyl groups is 1. The van der Waals surface area contributed by atoms with Gasteiger partial charge < -0.3 is 10.4 Å². The van der Waals surface area contributed by atoms with Crippen molar-refractivity contribution in [3.63, 3.8) is 0 Å². The Kier molecular flexibility index (Phi) is 3.23. The topological polar surface area (TPSA) is 32.3 Å². The van der Waals surface area contributed by atoms with Crippen molar-refractivity contribution >= 4 is 0 Å². The maximum atomic E-state index is 13.2. The van der Waals surface area contributed by atoms with Gasteiger partial charge in [0.25, 0.3) is 0 Å². The van der Waals surface area contributed by atoms with E-state index in [0.29, 0.717) is 6.54 Å². The second-order valence-electron chi connectivity index (χ2n) is 4.80. The van der Waals surface area contributed by atoms with Crippen LogP contribution in [0.15, 0.2) is 36.4 Å². The fourth-order valence-electron chi connectivity index (χ4n) is 2.55. The van der Waals surface area contributed by atoms with Gasteiger partial charge in [-0.05, 0) is 28.8 Å². The summed E-state index contributed by atoms with van der Waals surface area (Å²) < 4.78 is 39.4. The maximum Gasteiger partial charge on any atom is 0.194 e. The van der Waals surface area contributed by atoms with Gasteiger partial charge >= 0.3 is 0 Å². The van der Waals surface area contributed by atoms with Crippen LogP contribution in [0.5, 0.6) is 0 Å². The van der Waals surface area contributed by atoms with Crippen molar-refractivity contribution in [1.82, 2.24) is 5.32 Å². The zero-order valence-electron chi connectivity index (χ0n) is 10.4. The molecule has 2 unspecified atom stereocenters. The van der Waals surface area contributed by atoms with E-state index in [-0.39, 0.29) is 5.56 Å². The normalized spacial score (nSPS) is 18.9. The van der Waals surface area contributed by atoms with E-state index in [0.717, 1.165) is 23.3 Å². The van der Waals surface area contributed by atoms with Gasteiger partial charge in [-0.1, -0.05) is 24.3 Å². The number of halogens is 3. The van der Waals surface area contributed by atoms with Crippen molar-refractivity contribution in [3.8, 4) is 0 Å². The molecule has 2 N–H and O–H groups in total. The molecule has 3 rings (SSSR count). The summed E-state index contributed by atoms with van der Waals surface area (Å²) in [6.07, 6.45) is -1.15. The Labute approximate surface area is 113 Å². The van der Waals surface area contributed by atoms with Crippen LogP contribution in [0.3, 0.4) is 0 Å². The van der Waals surface area contributed by atoms with Crippen molar-refractivity contribution in [2.75, 3.05) is 0 Å². The fourth-order valence-corrected chi connectivity index (χ4v) is 2.55. The Morgan fingerprint density at radius 3 is 2.45 bits per heavy atom. The minimum absolute atomic E-state index is 0.00982. The van der Waals surface area contributed by atoms with Crippen LogP contribution < -0.4 is 5.32 Å². The highest BCUT2D eigenvalue weighted by Gasteiger charge is 2.30. The van der Waals surface area contributed by atoms with Crippen LogP contribution in [-0.4, -0.2) is 5.11 Å². The Balaban J connectivity index is 1.96. The number of nitrogens with one attached hydrogen (secondary N) is 1. The van der Waals surface area contributed by atoms with Crippen molar-refractivity contribution in [3.05, 3.63) is 70.5 Å². The van der Waals surface area contributed by atoms with Gasteiger partial charge in [0.1, 0.15) is 0 Å². The molecule has 104 valence electrons. The summed E-state index contributed by atoms with van der Waals surface area (Å²) in [6.45, 7) is 0.573. The predicted molar refractivity (Wildman–Crippen MR) is 67.3 cm³/mol. The van der Waals surface area contributed by atoms with E-state index in [1.807, 2.05) is 24.3 Å². The minimum atomic E-state index is -1.53. The lowest BCUT2D eigenvalue weighted by molar-refractivity contribution is 0.132. The molecule has 5 heteroatoms. The number of hydrogen-bond acceptors (Lipinski definition) is 2.